The van der Waals surface area contributed by atoms with Gasteiger partial charge in [-0.15, -0.1) is 0 Å². The zero-order valence-corrected chi connectivity index (χ0v) is 14.2. The Balaban J connectivity index is 1.70. The van der Waals surface area contributed by atoms with Gasteiger partial charge in [0.25, 0.3) is 11.5 Å². The van der Waals surface area contributed by atoms with E-state index >= 15 is 0 Å². The van der Waals surface area contributed by atoms with Crippen LogP contribution in [0.5, 0.6) is 0 Å². The minimum Gasteiger partial charge on any atom is -0.488 e. The number of amides is 1. The number of hydrogen-bond donors (Lipinski definition) is 1. The minimum atomic E-state index is -0.513. The summed E-state index contributed by atoms with van der Waals surface area (Å²) in [4.78, 5) is 28.5. The maximum atomic E-state index is 13.0. The van der Waals surface area contributed by atoms with E-state index in [0.29, 0.717) is 5.69 Å². The van der Waals surface area contributed by atoms with Crippen LogP contribution in [0.15, 0.2) is 65.4 Å². The third kappa shape index (κ3) is 4.05. The molecule has 0 aliphatic heterocycles. The number of aromatic nitrogens is 2. The van der Waals surface area contributed by atoms with Crippen LogP contribution in [-0.2, 0) is 9.53 Å². The first kappa shape index (κ1) is 17.6. The molecule has 1 aromatic heterocycles. The molecule has 1 aliphatic carbocycles. The smallest absolute Gasteiger partial charge is 0.298 e. The van der Waals surface area contributed by atoms with Crippen molar-refractivity contribution in [3.8, 4) is 5.69 Å². The number of nitrogens with zero attached hydrogens (tertiary/aromatic N) is 2. The van der Waals surface area contributed by atoms with E-state index in [0.717, 1.165) is 12.2 Å². The average Bonchev–Trinajstić information content (AvgIpc) is 2.64. The number of anilines is 1. The van der Waals surface area contributed by atoms with Gasteiger partial charge in [-0.2, -0.15) is 0 Å². The number of halogens is 1. The van der Waals surface area contributed by atoms with Crippen molar-refractivity contribution in [3.63, 3.8) is 0 Å². The summed E-state index contributed by atoms with van der Waals surface area (Å²) in [5, 5.41) is 2.46. The first-order valence-electron chi connectivity index (χ1n) is 8.17. The second-order valence-electron chi connectivity index (χ2n) is 5.90. The number of allylic oxidation sites excluding steroid dienone is 4. The molecule has 0 fully saturated rings. The van der Waals surface area contributed by atoms with Crippen LogP contribution in [0.1, 0.15) is 13.3 Å². The fraction of sp³-hybridized carbons (Fsp3) is 0.211. The molecule has 1 aliphatic rings. The second-order valence-corrected chi connectivity index (χ2v) is 5.90. The summed E-state index contributed by atoms with van der Waals surface area (Å²) in [5.41, 5.74) is -0.0424. The summed E-state index contributed by atoms with van der Waals surface area (Å²) in [6, 6.07) is 5.44. The van der Waals surface area contributed by atoms with Gasteiger partial charge in [0.05, 0.1) is 5.76 Å². The molecule has 0 saturated heterocycles. The Hall–Kier alpha value is -3.22. The molecule has 1 N–H and O–H groups in total. The van der Waals surface area contributed by atoms with E-state index < -0.39 is 17.3 Å². The van der Waals surface area contributed by atoms with Crippen molar-refractivity contribution in [2.24, 2.45) is 5.92 Å². The van der Waals surface area contributed by atoms with Gasteiger partial charge < -0.3 is 10.1 Å². The van der Waals surface area contributed by atoms with Crippen molar-refractivity contribution < 1.29 is 13.9 Å². The Morgan fingerprint density at radius 3 is 2.88 bits per heavy atom. The van der Waals surface area contributed by atoms with Crippen LogP contribution in [0, 0.1) is 11.7 Å². The van der Waals surface area contributed by atoms with Crippen LogP contribution in [0.2, 0.25) is 0 Å². The molecule has 7 heteroatoms. The van der Waals surface area contributed by atoms with Crippen LogP contribution in [0.4, 0.5) is 10.2 Å². The Morgan fingerprint density at radius 1 is 1.38 bits per heavy atom. The van der Waals surface area contributed by atoms with Gasteiger partial charge in [-0.05, 0) is 36.8 Å². The molecule has 1 amide bonds. The van der Waals surface area contributed by atoms with E-state index in [1.54, 1.807) is 0 Å². The van der Waals surface area contributed by atoms with Crippen molar-refractivity contribution in [3.05, 3.63) is 76.8 Å². The summed E-state index contributed by atoms with van der Waals surface area (Å²) >= 11 is 0. The fourth-order valence-electron chi connectivity index (χ4n) is 2.54. The van der Waals surface area contributed by atoms with Gasteiger partial charge in [-0.1, -0.05) is 19.1 Å². The first-order chi connectivity index (χ1) is 12.5. The Morgan fingerprint density at radius 2 is 2.15 bits per heavy atom. The Labute approximate surface area is 149 Å². The molecule has 3 rings (SSSR count). The van der Waals surface area contributed by atoms with Gasteiger partial charge >= 0.3 is 0 Å². The van der Waals surface area contributed by atoms with Crippen molar-refractivity contribution in [2.75, 3.05) is 11.9 Å². The molecular formula is C19H18FN3O3. The third-order valence-corrected chi connectivity index (χ3v) is 3.95. The molecule has 0 saturated carbocycles. The monoisotopic (exact) mass is 355 g/mol. The SMILES string of the molecule is CC1CC=CC=C1OCC(=O)Nc1nccn(-c2ccc(F)cc2)c1=O. The lowest BCUT2D eigenvalue weighted by Crippen LogP contribution is -2.28. The van der Waals surface area contributed by atoms with E-state index in [1.165, 1.54) is 41.2 Å². The van der Waals surface area contributed by atoms with Crippen LogP contribution in [-0.4, -0.2) is 22.1 Å². The van der Waals surface area contributed by atoms with Crippen LogP contribution < -0.4 is 10.9 Å². The Kier molecular flexibility index (Phi) is 5.26. The lowest BCUT2D eigenvalue weighted by Gasteiger charge is -2.17. The summed E-state index contributed by atoms with van der Waals surface area (Å²) in [6.07, 6.45) is 9.43. The predicted molar refractivity (Wildman–Crippen MR) is 95.4 cm³/mol. The van der Waals surface area contributed by atoms with Gasteiger partial charge in [0.15, 0.2) is 12.4 Å². The van der Waals surface area contributed by atoms with Gasteiger partial charge in [0.2, 0.25) is 0 Å². The highest BCUT2D eigenvalue weighted by Gasteiger charge is 2.15. The van der Waals surface area contributed by atoms with Gasteiger partial charge in [-0.3, -0.25) is 14.2 Å². The number of carbonyl (C=O) groups excluding carboxylic acids is 1. The zero-order valence-electron chi connectivity index (χ0n) is 14.2. The molecule has 1 atom stereocenters. The highest BCUT2D eigenvalue weighted by atomic mass is 19.1. The largest absolute Gasteiger partial charge is 0.488 e. The van der Waals surface area contributed by atoms with Crippen molar-refractivity contribution in [1.29, 1.82) is 0 Å². The quantitative estimate of drug-likeness (QED) is 0.895. The summed E-state index contributed by atoms with van der Waals surface area (Å²) in [5.74, 6) is -0.0570. The number of nitrogens with one attached hydrogen (secondary N) is 1. The molecule has 0 bridgehead atoms. The highest BCUT2D eigenvalue weighted by molar-refractivity contribution is 5.90. The number of carbonyl (C=O) groups is 1. The van der Waals surface area contributed by atoms with E-state index in [1.807, 2.05) is 25.2 Å². The van der Waals surface area contributed by atoms with Crippen LogP contribution in [0.3, 0.4) is 0 Å². The van der Waals surface area contributed by atoms with E-state index in [2.05, 4.69) is 10.3 Å². The van der Waals surface area contributed by atoms with Crippen LogP contribution >= 0.6 is 0 Å². The van der Waals surface area contributed by atoms with Crippen molar-refractivity contribution in [2.45, 2.75) is 13.3 Å². The number of rotatable bonds is 5. The van der Waals surface area contributed by atoms with E-state index in [9.17, 15) is 14.0 Å². The van der Waals surface area contributed by atoms with Crippen LogP contribution in [0.25, 0.3) is 5.69 Å². The normalized spacial score (nSPS) is 16.1. The topological polar surface area (TPSA) is 73.2 Å². The standard InChI is InChI=1S/C19H18FN3O3/c1-13-4-2-3-5-16(13)26-12-17(24)22-18-19(25)23(11-10-21-18)15-8-6-14(20)7-9-15/h2-3,5-11,13H,4,12H2,1H3,(H,21,22,24). The predicted octanol–water partition coefficient (Wildman–Crippen LogP) is 2.81. The number of benzene rings is 1. The molecule has 134 valence electrons. The molecule has 0 spiro atoms. The number of hydrogen-bond acceptors (Lipinski definition) is 4. The van der Waals surface area contributed by atoms with Gasteiger partial charge in [-0.25, -0.2) is 9.37 Å². The molecule has 1 heterocycles. The first-order valence-corrected chi connectivity index (χ1v) is 8.17. The second kappa shape index (κ2) is 7.77. The van der Waals surface area contributed by atoms with Gasteiger partial charge in [0, 0.05) is 24.0 Å². The third-order valence-electron chi connectivity index (χ3n) is 3.95. The molecule has 2 aromatic rings. The average molecular weight is 355 g/mol. The van der Waals surface area contributed by atoms with E-state index in [-0.39, 0.29) is 18.3 Å². The van der Waals surface area contributed by atoms with Crippen molar-refractivity contribution in [1.82, 2.24) is 9.55 Å². The lowest BCUT2D eigenvalue weighted by atomic mass is 10.0. The highest BCUT2D eigenvalue weighted by Crippen LogP contribution is 2.20. The zero-order chi connectivity index (χ0) is 18.5. The summed E-state index contributed by atoms with van der Waals surface area (Å²) in [7, 11) is 0. The Bertz CT molecular complexity index is 916. The maximum absolute atomic E-state index is 13.0. The molecule has 1 aromatic carbocycles. The van der Waals surface area contributed by atoms with Crippen molar-refractivity contribution >= 4 is 11.7 Å². The van der Waals surface area contributed by atoms with E-state index in [4.69, 9.17) is 4.74 Å². The molecule has 1 unspecified atom stereocenters. The fourth-order valence-corrected chi connectivity index (χ4v) is 2.54. The molecular weight excluding hydrogens is 337 g/mol. The summed E-state index contributed by atoms with van der Waals surface area (Å²) < 4.78 is 19.8. The van der Waals surface area contributed by atoms with Gasteiger partial charge in [0.1, 0.15) is 5.82 Å². The molecule has 26 heavy (non-hydrogen) atoms. The maximum Gasteiger partial charge on any atom is 0.298 e. The molecule has 6 nitrogen and oxygen atoms in total. The summed E-state index contributed by atoms with van der Waals surface area (Å²) in [6.45, 7) is 1.80. The minimum absolute atomic E-state index is 0.115. The number of ether oxygens (including phenoxy) is 1. The lowest BCUT2D eigenvalue weighted by molar-refractivity contribution is -0.119. The molecule has 0 radical (unpaired) electrons.